The lowest BCUT2D eigenvalue weighted by Crippen LogP contribution is -2.46. The molecule has 1 fully saturated rings. The molecule has 1 aliphatic rings. The number of fused-ring (bicyclic) bond motifs is 1. The molecular formula is C20H21N3. The van der Waals surface area contributed by atoms with Crippen molar-refractivity contribution in [2.45, 2.75) is 6.54 Å². The van der Waals surface area contributed by atoms with E-state index in [-0.39, 0.29) is 0 Å². The number of piperazine rings is 1. The highest BCUT2D eigenvalue weighted by atomic mass is 15.3. The first kappa shape index (κ1) is 14.2. The van der Waals surface area contributed by atoms with E-state index in [0.29, 0.717) is 0 Å². The van der Waals surface area contributed by atoms with Crippen molar-refractivity contribution >= 4 is 16.5 Å². The maximum absolute atomic E-state index is 4.23. The second kappa shape index (κ2) is 6.39. The SMILES string of the molecule is c1ccc(CN2CCN(c3cccc4cnccc34)CC2)cc1. The van der Waals surface area contributed by atoms with Gasteiger partial charge in [0, 0.05) is 61.6 Å². The van der Waals surface area contributed by atoms with E-state index in [1.807, 2.05) is 12.4 Å². The second-order valence-corrected chi connectivity index (χ2v) is 6.12. The summed E-state index contributed by atoms with van der Waals surface area (Å²) in [6, 6.07) is 19.4. The molecule has 1 aromatic heterocycles. The van der Waals surface area contributed by atoms with E-state index in [0.717, 1.165) is 32.7 Å². The lowest BCUT2D eigenvalue weighted by atomic mass is 10.1. The third-order valence-corrected chi connectivity index (χ3v) is 4.62. The summed E-state index contributed by atoms with van der Waals surface area (Å²) in [5.41, 5.74) is 2.74. The number of rotatable bonds is 3. The zero-order valence-corrected chi connectivity index (χ0v) is 13.2. The molecule has 3 heteroatoms. The first-order chi connectivity index (χ1) is 11.4. The lowest BCUT2D eigenvalue weighted by Gasteiger charge is -2.36. The van der Waals surface area contributed by atoms with Gasteiger partial charge in [0.05, 0.1) is 0 Å². The maximum atomic E-state index is 4.23. The van der Waals surface area contributed by atoms with Gasteiger partial charge in [-0.25, -0.2) is 0 Å². The van der Waals surface area contributed by atoms with Crippen molar-refractivity contribution in [3.63, 3.8) is 0 Å². The van der Waals surface area contributed by atoms with E-state index < -0.39 is 0 Å². The molecule has 23 heavy (non-hydrogen) atoms. The smallest absolute Gasteiger partial charge is 0.0447 e. The fourth-order valence-electron chi connectivity index (χ4n) is 3.37. The molecule has 0 amide bonds. The van der Waals surface area contributed by atoms with Crippen LogP contribution in [0.4, 0.5) is 5.69 Å². The van der Waals surface area contributed by atoms with Gasteiger partial charge in [-0.1, -0.05) is 42.5 Å². The van der Waals surface area contributed by atoms with Gasteiger partial charge in [0.2, 0.25) is 0 Å². The Bertz CT molecular complexity index is 772. The highest BCUT2D eigenvalue weighted by molar-refractivity contribution is 5.93. The Labute approximate surface area is 137 Å². The summed E-state index contributed by atoms with van der Waals surface area (Å²) in [5, 5.41) is 2.52. The van der Waals surface area contributed by atoms with E-state index >= 15 is 0 Å². The summed E-state index contributed by atoms with van der Waals surface area (Å²) in [5.74, 6) is 0. The molecular weight excluding hydrogens is 282 g/mol. The molecule has 0 aliphatic carbocycles. The average molecular weight is 303 g/mol. The Hall–Kier alpha value is -2.39. The third kappa shape index (κ3) is 3.06. The summed E-state index contributed by atoms with van der Waals surface area (Å²) in [6.07, 6.45) is 3.84. The largest absolute Gasteiger partial charge is 0.368 e. The molecule has 0 atom stereocenters. The molecule has 2 heterocycles. The number of hydrogen-bond acceptors (Lipinski definition) is 3. The van der Waals surface area contributed by atoms with E-state index in [2.05, 4.69) is 69.4 Å². The van der Waals surface area contributed by atoms with Gasteiger partial charge in [-0.2, -0.15) is 0 Å². The Kier molecular flexibility index (Phi) is 3.95. The van der Waals surface area contributed by atoms with E-state index in [4.69, 9.17) is 0 Å². The molecule has 0 radical (unpaired) electrons. The summed E-state index contributed by atoms with van der Waals surface area (Å²) >= 11 is 0. The predicted octanol–water partition coefficient (Wildman–Crippen LogP) is 3.56. The minimum absolute atomic E-state index is 1.05. The standard InChI is InChI=1S/C20H21N3/c1-2-5-17(6-3-1)16-22-11-13-23(14-12-22)20-8-4-7-18-15-21-10-9-19(18)20/h1-10,15H,11-14,16H2. The van der Waals surface area contributed by atoms with Crippen LogP contribution in [-0.2, 0) is 6.54 Å². The number of pyridine rings is 1. The van der Waals surface area contributed by atoms with Gasteiger partial charge in [-0.3, -0.25) is 9.88 Å². The lowest BCUT2D eigenvalue weighted by molar-refractivity contribution is 0.250. The molecule has 0 saturated carbocycles. The summed E-state index contributed by atoms with van der Waals surface area (Å²) in [7, 11) is 0. The molecule has 2 aromatic carbocycles. The highest BCUT2D eigenvalue weighted by Gasteiger charge is 2.18. The monoisotopic (exact) mass is 303 g/mol. The average Bonchev–Trinajstić information content (AvgIpc) is 2.63. The summed E-state index contributed by atoms with van der Waals surface area (Å²) in [4.78, 5) is 9.28. The van der Waals surface area contributed by atoms with Crippen molar-refractivity contribution in [1.29, 1.82) is 0 Å². The van der Waals surface area contributed by atoms with Gasteiger partial charge in [-0.15, -0.1) is 0 Å². The van der Waals surface area contributed by atoms with Crippen LogP contribution in [0.5, 0.6) is 0 Å². The minimum Gasteiger partial charge on any atom is -0.368 e. The number of hydrogen-bond donors (Lipinski definition) is 0. The van der Waals surface area contributed by atoms with Gasteiger partial charge < -0.3 is 4.90 Å². The van der Waals surface area contributed by atoms with Gasteiger partial charge in [0.1, 0.15) is 0 Å². The quantitative estimate of drug-likeness (QED) is 0.737. The molecule has 4 rings (SSSR count). The molecule has 3 aromatic rings. The molecule has 1 aliphatic heterocycles. The van der Waals surface area contributed by atoms with Crippen LogP contribution in [0.3, 0.4) is 0 Å². The normalized spacial score (nSPS) is 15.9. The summed E-state index contributed by atoms with van der Waals surface area (Å²) in [6.45, 7) is 5.42. The highest BCUT2D eigenvalue weighted by Crippen LogP contribution is 2.27. The van der Waals surface area contributed by atoms with Crippen molar-refractivity contribution in [2.24, 2.45) is 0 Å². The molecule has 116 valence electrons. The first-order valence-corrected chi connectivity index (χ1v) is 8.24. The Morgan fingerprint density at radius 1 is 0.826 bits per heavy atom. The first-order valence-electron chi connectivity index (χ1n) is 8.24. The van der Waals surface area contributed by atoms with Crippen molar-refractivity contribution in [3.05, 3.63) is 72.6 Å². The van der Waals surface area contributed by atoms with Crippen molar-refractivity contribution in [2.75, 3.05) is 31.1 Å². The fraction of sp³-hybridized carbons (Fsp3) is 0.250. The van der Waals surface area contributed by atoms with Gasteiger partial charge in [-0.05, 0) is 17.7 Å². The molecule has 0 bridgehead atoms. The van der Waals surface area contributed by atoms with Crippen LogP contribution < -0.4 is 4.90 Å². The predicted molar refractivity (Wildman–Crippen MR) is 95.7 cm³/mol. The molecule has 0 unspecified atom stereocenters. The topological polar surface area (TPSA) is 19.4 Å². The number of benzene rings is 2. The van der Waals surface area contributed by atoms with E-state index in [1.54, 1.807) is 0 Å². The van der Waals surface area contributed by atoms with Crippen molar-refractivity contribution < 1.29 is 0 Å². The Morgan fingerprint density at radius 2 is 1.65 bits per heavy atom. The fourth-order valence-corrected chi connectivity index (χ4v) is 3.37. The minimum atomic E-state index is 1.05. The zero-order valence-electron chi connectivity index (χ0n) is 13.2. The van der Waals surface area contributed by atoms with Crippen LogP contribution in [-0.4, -0.2) is 36.1 Å². The van der Waals surface area contributed by atoms with Crippen LogP contribution in [0.2, 0.25) is 0 Å². The van der Waals surface area contributed by atoms with Crippen molar-refractivity contribution in [3.8, 4) is 0 Å². The third-order valence-electron chi connectivity index (χ3n) is 4.62. The van der Waals surface area contributed by atoms with Crippen molar-refractivity contribution in [1.82, 2.24) is 9.88 Å². The van der Waals surface area contributed by atoms with E-state index in [9.17, 15) is 0 Å². The zero-order chi connectivity index (χ0) is 15.5. The number of nitrogens with zero attached hydrogens (tertiary/aromatic N) is 3. The molecule has 1 saturated heterocycles. The van der Waals surface area contributed by atoms with Gasteiger partial charge in [0.15, 0.2) is 0 Å². The Balaban J connectivity index is 1.47. The van der Waals surface area contributed by atoms with Gasteiger partial charge >= 0.3 is 0 Å². The second-order valence-electron chi connectivity index (χ2n) is 6.12. The van der Waals surface area contributed by atoms with Crippen LogP contribution in [0.25, 0.3) is 10.8 Å². The van der Waals surface area contributed by atoms with Crippen LogP contribution in [0.15, 0.2) is 67.0 Å². The molecule has 0 N–H and O–H groups in total. The molecule has 3 nitrogen and oxygen atoms in total. The van der Waals surface area contributed by atoms with Crippen LogP contribution in [0.1, 0.15) is 5.56 Å². The van der Waals surface area contributed by atoms with E-state index in [1.165, 1.54) is 22.0 Å². The maximum Gasteiger partial charge on any atom is 0.0447 e. The number of anilines is 1. The Morgan fingerprint density at radius 3 is 2.48 bits per heavy atom. The van der Waals surface area contributed by atoms with Gasteiger partial charge in [0.25, 0.3) is 0 Å². The van der Waals surface area contributed by atoms with Crippen LogP contribution in [0, 0.1) is 0 Å². The van der Waals surface area contributed by atoms with Crippen LogP contribution >= 0.6 is 0 Å². The summed E-state index contributed by atoms with van der Waals surface area (Å²) < 4.78 is 0. The molecule has 0 spiro atoms. The number of aromatic nitrogens is 1.